The molecule has 130 valence electrons. The predicted octanol–water partition coefficient (Wildman–Crippen LogP) is 2.43. The average Bonchev–Trinajstić information content (AvgIpc) is 2.45. The Kier molecular flexibility index (Phi) is 6.45. The third-order valence-corrected chi connectivity index (χ3v) is 5.72. The Morgan fingerprint density at radius 3 is 2.61 bits per heavy atom. The first-order chi connectivity index (χ1) is 10.8. The van der Waals surface area contributed by atoms with E-state index in [1.807, 2.05) is 0 Å². The highest BCUT2D eigenvalue weighted by atomic mass is 35.5. The molecule has 1 aliphatic heterocycles. The second-order valence-corrected chi connectivity index (χ2v) is 8.35. The van der Waals surface area contributed by atoms with Gasteiger partial charge >= 0.3 is 0 Å². The topological polar surface area (TPSA) is 58.6 Å². The number of hydrogen-bond acceptors (Lipinski definition) is 4. The van der Waals surface area contributed by atoms with Crippen molar-refractivity contribution < 1.29 is 13.2 Å². The van der Waals surface area contributed by atoms with Crippen LogP contribution >= 0.6 is 11.6 Å². The van der Waals surface area contributed by atoms with Gasteiger partial charge in [0.15, 0.2) is 0 Å². The van der Waals surface area contributed by atoms with Gasteiger partial charge in [0.05, 0.1) is 17.1 Å². The molecule has 0 bridgehead atoms. The summed E-state index contributed by atoms with van der Waals surface area (Å²) >= 11 is 5.90. The predicted molar refractivity (Wildman–Crippen MR) is 92.4 cm³/mol. The summed E-state index contributed by atoms with van der Waals surface area (Å²) in [4.78, 5) is 2.57. The number of benzene rings is 1. The Balaban J connectivity index is 1.84. The molecule has 0 aromatic heterocycles. The maximum Gasteiger partial charge on any atom is 0.240 e. The van der Waals surface area contributed by atoms with Crippen molar-refractivity contribution in [3.05, 3.63) is 28.8 Å². The van der Waals surface area contributed by atoms with Gasteiger partial charge in [0.25, 0.3) is 0 Å². The highest BCUT2D eigenvalue weighted by Gasteiger charge is 2.22. The summed E-state index contributed by atoms with van der Waals surface area (Å²) in [6.07, 6.45) is 1.22. The Bertz CT molecular complexity index is 626. The lowest BCUT2D eigenvalue weighted by Crippen LogP contribution is -2.46. The van der Waals surface area contributed by atoms with Crippen molar-refractivity contribution in [2.75, 3.05) is 26.2 Å². The molecule has 1 N–H and O–H groups in total. The van der Waals surface area contributed by atoms with Crippen LogP contribution in [0.3, 0.4) is 0 Å². The van der Waals surface area contributed by atoms with Gasteiger partial charge in [0, 0.05) is 24.7 Å². The maximum absolute atomic E-state index is 12.4. The minimum absolute atomic E-state index is 0.226. The summed E-state index contributed by atoms with van der Waals surface area (Å²) in [6, 6.07) is 4.90. The molecule has 0 saturated carbocycles. The van der Waals surface area contributed by atoms with Gasteiger partial charge in [0.2, 0.25) is 10.0 Å². The summed E-state index contributed by atoms with van der Waals surface area (Å²) < 4.78 is 33.1. The van der Waals surface area contributed by atoms with Gasteiger partial charge in [-0.05, 0) is 51.4 Å². The van der Waals surface area contributed by atoms with E-state index in [-0.39, 0.29) is 17.1 Å². The summed E-state index contributed by atoms with van der Waals surface area (Å²) in [5, 5.41) is 0.423. The van der Waals surface area contributed by atoms with Crippen molar-refractivity contribution in [2.24, 2.45) is 0 Å². The third kappa shape index (κ3) is 5.43. The molecule has 1 heterocycles. The molecule has 0 radical (unpaired) electrons. The first kappa shape index (κ1) is 18.7. The molecule has 7 heteroatoms. The summed E-state index contributed by atoms with van der Waals surface area (Å²) in [6.45, 7) is 8.94. The highest BCUT2D eigenvalue weighted by molar-refractivity contribution is 7.89. The van der Waals surface area contributed by atoms with Crippen molar-refractivity contribution >= 4 is 21.6 Å². The molecule has 1 saturated heterocycles. The first-order valence-electron chi connectivity index (χ1n) is 7.91. The molecule has 23 heavy (non-hydrogen) atoms. The number of sulfonamides is 1. The average molecular weight is 361 g/mol. The van der Waals surface area contributed by atoms with Crippen molar-refractivity contribution in [3.8, 4) is 0 Å². The molecular formula is C16H25ClN2O3S. The Morgan fingerprint density at radius 2 is 1.96 bits per heavy atom. The Morgan fingerprint density at radius 1 is 1.30 bits per heavy atom. The van der Waals surface area contributed by atoms with E-state index in [0.29, 0.717) is 17.1 Å². The van der Waals surface area contributed by atoms with E-state index in [1.54, 1.807) is 19.1 Å². The minimum Gasteiger partial charge on any atom is -0.373 e. The van der Waals surface area contributed by atoms with Crippen LogP contribution in [-0.2, 0) is 14.8 Å². The largest absolute Gasteiger partial charge is 0.373 e. The van der Waals surface area contributed by atoms with Crippen LogP contribution in [0, 0.1) is 6.92 Å². The lowest BCUT2D eigenvalue weighted by atomic mass is 10.2. The van der Waals surface area contributed by atoms with Crippen molar-refractivity contribution in [3.63, 3.8) is 0 Å². The minimum atomic E-state index is -3.52. The van der Waals surface area contributed by atoms with Gasteiger partial charge in [-0.25, -0.2) is 13.1 Å². The van der Waals surface area contributed by atoms with Crippen LogP contribution in [-0.4, -0.2) is 51.7 Å². The van der Waals surface area contributed by atoms with E-state index in [9.17, 15) is 8.42 Å². The smallest absolute Gasteiger partial charge is 0.240 e. The lowest BCUT2D eigenvalue weighted by molar-refractivity contribution is -0.0679. The molecule has 1 aromatic rings. The number of nitrogens with one attached hydrogen (secondary N) is 1. The fourth-order valence-corrected chi connectivity index (χ4v) is 4.50. The van der Waals surface area contributed by atoms with E-state index in [4.69, 9.17) is 16.3 Å². The van der Waals surface area contributed by atoms with Gasteiger partial charge in [-0.15, -0.1) is 0 Å². The fourth-order valence-electron chi connectivity index (χ4n) is 2.92. The first-order valence-corrected chi connectivity index (χ1v) is 9.77. The summed E-state index contributed by atoms with van der Waals surface area (Å²) in [7, 11) is -3.52. The van der Waals surface area contributed by atoms with Crippen molar-refractivity contribution in [1.29, 1.82) is 0 Å². The zero-order chi connectivity index (χ0) is 17.0. The lowest BCUT2D eigenvalue weighted by Gasteiger charge is -2.35. The van der Waals surface area contributed by atoms with Crippen LogP contribution in [0.4, 0.5) is 0 Å². The van der Waals surface area contributed by atoms with Crippen LogP contribution in [0.2, 0.25) is 5.02 Å². The number of aryl methyl sites for hydroxylation is 1. The third-order valence-electron chi connectivity index (χ3n) is 3.88. The number of hydrogen-bond donors (Lipinski definition) is 1. The normalized spacial score (nSPS) is 23.1. The Hall–Kier alpha value is -0.660. The number of nitrogens with zero attached hydrogens (tertiary/aromatic N) is 1. The zero-order valence-corrected chi connectivity index (χ0v) is 15.5. The Labute approximate surface area is 144 Å². The molecule has 5 nitrogen and oxygen atoms in total. The number of ether oxygens (including phenoxy) is 1. The molecule has 1 aromatic carbocycles. The fraction of sp³-hybridized carbons (Fsp3) is 0.625. The van der Waals surface area contributed by atoms with Crippen LogP contribution in [0.25, 0.3) is 0 Å². The second-order valence-electron chi connectivity index (χ2n) is 6.18. The second kappa shape index (κ2) is 7.94. The number of morpholine rings is 1. The van der Waals surface area contributed by atoms with Crippen molar-refractivity contribution in [1.82, 2.24) is 9.62 Å². The molecule has 2 atom stereocenters. The molecule has 0 amide bonds. The van der Waals surface area contributed by atoms with Crippen LogP contribution in [0.15, 0.2) is 23.1 Å². The van der Waals surface area contributed by atoms with Crippen LogP contribution < -0.4 is 4.72 Å². The molecule has 1 fully saturated rings. The van der Waals surface area contributed by atoms with Gasteiger partial charge in [-0.3, -0.25) is 4.90 Å². The molecular weight excluding hydrogens is 336 g/mol. The SMILES string of the molecule is Cc1ccc(Cl)cc1S(=O)(=O)NCCCN1CC(C)OC(C)C1. The number of rotatable bonds is 6. The number of halogens is 1. The van der Waals surface area contributed by atoms with E-state index in [0.717, 1.165) is 26.1 Å². The van der Waals surface area contributed by atoms with Gasteiger partial charge in [-0.2, -0.15) is 0 Å². The molecule has 2 unspecified atom stereocenters. The van der Waals surface area contributed by atoms with Crippen molar-refractivity contribution in [2.45, 2.75) is 44.3 Å². The standard InChI is InChI=1S/C16H25ClN2O3S/c1-12-5-6-15(17)9-16(12)23(20,21)18-7-4-8-19-10-13(2)22-14(3)11-19/h5-6,9,13-14,18H,4,7-8,10-11H2,1-3H3. The van der Waals surface area contributed by atoms with Gasteiger partial charge in [0.1, 0.15) is 0 Å². The highest BCUT2D eigenvalue weighted by Crippen LogP contribution is 2.20. The van der Waals surface area contributed by atoms with E-state index >= 15 is 0 Å². The molecule has 0 spiro atoms. The monoisotopic (exact) mass is 360 g/mol. The van der Waals surface area contributed by atoms with E-state index < -0.39 is 10.0 Å². The van der Waals surface area contributed by atoms with Gasteiger partial charge < -0.3 is 4.74 Å². The molecule has 0 aliphatic carbocycles. The quantitative estimate of drug-likeness (QED) is 0.791. The summed E-state index contributed by atoms with van der Waals surface area (Å²) in [5.41, 5.74) is 0.692. The van der Waals surface area contributed by atoms with Crippen LogP contribution in [0.5, 0.6) is 0 Å². The molecule has 1 aliphatic rings. The van der Waals surface area contributed by atoms with E-state index in [1.165, 1.54) is 6.07 Å². The summed E-state index contributed by atoms with van der Waals surface area (Å²) in [5.74, 6) is 0. The van der Waals surface area contributed by atoms with Gasteiger partial charge in [-0.1, -0.05) is 17.7 Å². The van der Waals surface area contributed by atoms with Crippen LogP contribution in [0.1, 0.15) is 25.8 Å². The molecule has 2 rings (SSSR count). The maximum atomic E-state index is 12.4. The zero-order valence-electron chi connectivity index (χ0n) is 13.9. The van der Waals surface area contributed by atoms with E-state index in [2.05, 4.69) is 23.5 Å².